The molecule has 11 heteroatoms. The highest BCUT2D eigenvalue weighted by Gasteiger charge is 2.56. The van der Waals surface area contributed by atoms with E-state index in [0.29, 0.717) is 0 Å². The van der Waals surface area contributed by atoms with Crippen LogP contribution in [0.15, 0.2) is 0 Å². The number of hydrogen-bond acceptors (Lipinski definition) is 4. The van der Waals surface area contributed by atoms with Crippen LogP contribution in [-0.2, 0) is 13.9 Å². The summed E-state index contributed by atoms with van der Waals surface area (Å²) in [5.74, 6) is -2.39. The third-order valence-corrected chi connectivity index (χ3v) is 3.68. The summed E-state index contributed by atoms with van der Waals surface area (Å²) in [7, 11) is -10.6. The molecule has 0 aliphatic carbocycles. The van der Waals surface area contributed by atoms with Gasteiger partial charge in [-0.25, -0.2) is 4.79 Å². The minimum atomic E-state index is -5.58. The molecule has 6 N–H and O–H groups in total. The van der Waals surface area contributed by atoms with E-state index < -0.39 is 32.7 Å². The Balaban J connectivity index is 5.26. The highest BCUT2D eigenvalue weighted by molar-refractivity contribution is 7.58. The first-order valence-electron chi connectivity index (χ1n) is 2.96. The van der Waals surface area contributed by atoms with Gasteiger partial charge < -0.3 is 29.8 Å². The first-order chi connectivity index (χ1) is 5.90. The van der Waals surface area contributed by atoms with Crippen LogP contribution in [0, 0.1) is 0 Å². The lowest BCUT2D eigenvalue weighted by molar-refractivity contribution is -0.150. The molecule has 0 spiro atoms. The van der Waals surface area contributed by atoms with Crippen LogP contribution in [0.3, 0.4) is 0 Å². The molecule has 84 valence electrons. The Labute approximate surface area is 77.3 Å². The second kappa shape index (κ2) is 3.71. The van der Waals surface area contributed by atoms with Crippen molar-refractivity contribution in [3.63, 3.8) is 0 Å². The molecule has 1 atom stereocenters. The van der Waals surface area contributed by atoms with E-state index in [-0.39, 0.29) is 0 Å². The summed E-state index contributed by atoms with van der Waals surface area (Å²) >= 11 is 0. The quantitative estimate of drug-likeness (QED) is 0.312. The van der Waals surface area contributed by atoms with Crippen molar-refractivity contribution in [3.8, 4) is 0 Å². The Hall–Kier alpha value is -0.270. The third-order valence-electron chi connectivity index (χ3n) is 1.25. The Bertz CT molecular complexity index is 323. The molecule has 0 aromatic heterocycles. The monoisotopic (exact) mass is 250 g/mol. The Kier molecular flexibility index (Phi) is 3.64. The van der Waals surface area contributed by atoms with Gasteiger partial charge >= 0.3 is 21.2 Å². The van der Waals surface area contributed by atoms with E-state index in [0.717, 1.165) is 0 Å². The second-order valence-corrected chi connectivity index (χ2v) is 5.96. The van der Waals surface area contributed by atoms with Crippen LogP contribution in [0.2, 0.25) is 0 Å². The van der Waals surface area contributed by atoms with Crippen molar-refractivity contribution < 1.29 is 43.7 Å². The molecular weight excluding hydrogens is 242 g/mol. The fraction of sp³-hybridized carbons (Fsp3) is 0.667. The van der Waals surface area contributed by atoms with Crippen molar-refractivity contribution in [3.05, 3.63) is 0 Å². The maximum absolute atomic E-state index is 10.5. The SMILES string of the molecule is O=C(O)C(O)(CP(=O)(O)O)P(=O)(O)O. The van der Waals surface area contributed by atoms with E-state index in [4.69, 9.17) is 29.8 Å². The molecule has 0 rings (SSSR count). The summed E-state index contributed by atoms with van der Waals surface area (Å²) in [5, 5.41) is 13.4. The van der Waals surface area contributed by atoms with E-state index in [1.165, 1.54) is 0 Å². The molecule has 0 aliphatic rings. The van der Waals surface area contributed by atoms with Crippen LogP contribution in [-0.4, -0.2) is 47.3 Å². The van der Waals surface area contributed by atoms with Gasteiger partial charge in [0.25, 0.3) is 5.34 Å². The summed E-state index contributed by atoms with van der Waals surface area (Å²) in [5.41, 5.74) is 0. The summed E-state index contributed by atoms with van der Waals surface area (Å²) in [6.45, 7) is 0. The fourth-order valence-electron chi connectivity index (χ4n) is 0.572. The standard InChI is InChI=1S/C3H8O9P2/c4-2(5)3(6,14(10,11)12)1-13(7,8)9/h6H,1H2,(H,4,5)(H2,7,8,9)(H2,10,11,12). The van der Waals surface area contributed by atoms with Crippen molar-refractivity contribution in [1.82, 2.24) is 0 Å². The van der Waals surface area contributed by atoms with Gasteiger partial charge in [-0.05, 0) is 0 Å². The molecule has 0 aromatic rings. The van der Waals surface area contributed by atoms with Gasteiger partial charge in [0.15, 0.2) is 0 Å². The van der Waals surface area contributed by atoms with Gasteiger partial charge in [0.2, 0.25) is 0 Å². The lowest BCUT2D eigenvalue weighted by Gasteiger charge is -2.24. The van der Waals surface area contributed by atoms with Crippen LogP contribution >= 0.6 is 15.2 Å². The lowest BCUT2D eigenvalue weighted by Crippen LogP contribution is -2.41. The Morgan fingerprint density at radius 3 is 1.57 bits per heavy atom. The molecule has 0 bridgehead atoms. The summed E-state index contributed by atoms with van der Waals surface area (Å²) in [6.07, 6.45) is -1.85. The zero-order chi connectivity index (χ0) is 11.8. The zero-order valence-electron chi connectivity index (χ0n) is 6.51. The van der Waals surface area contributed by atoms with Crippen LogP contribution in [0.25, 0.3) is 0 Å². The van der Waals surface area contributed by atoms with Crippen molar-refractivity contribution >= 4 is 21.2 Å². The number of carbonyl (C=O) groups is 1. The van der Waals surface area contributed by atoms with E-state index in [1.807, 2.05) is 0 Å². The molecule has 0 radical (unpaired) electrons. The smallest absolute Gasteiger partial charge is 0.369 e. The molecular formula is C3H8O9P2. The minimum Gasteiger partial charge on any atom is -0.479 e. The minimum absolute atomic E-state index is 1.85. The van der Waals surface area contributed by atoms with Crippen molar-refractivity contribution in [2.75, 3.05) is 6.16 Å². The van der Waals surface area contributed by atoms with Gasteiger partial charge in [-0.15, -0.1) is 0 Å². The molecule has 0 saturated heterocycles. The number of aliphatic hydroxyl groups is 1. The summed E-state index contributed by atoms with van der Waals surface area (Å²) in [6, 6.07) is 0. The van der Waals surface area contributed by atoms with Gasteiger partial charge in [-0.1, -0.05) is 0 Å². The maximum Gasteiger partial charge on any atom is 0.369 e. The Morgan fingerprint density at radius 2 is 1.50 bits per heavy atom. The number of hydrogen-bond donors (Lipinski definition) is 6. The predicted octanol–water partition coefficient (Wildman–Crippen LogP) is -1.89. The van der Waals surface area contributed by atoms with Crippen LogP contribution in [0.1, 0.15) is 0 Å². The largest absolute Gasteiger partial charge is 0.479 e. The molecule has 0 amide bonds. The highest BCUT2D eigenvalue weighted by Crippen LogP contribution is 2.55. The summed E-state index contributed by atoms with van der Waals surface area (Å²) in [4.78, 5) is 43.7. The average molecular weight is 250 g/mol. The van der Waals surface area contributed by atoms with Gasteiger partial charge in [-0.3, -0.25) is 9.13 Å². The molecule has 9 nitrogen and oxygen atoms in total. The number of carboxylic acids is 1. The molecule has 0 fully saturated rings. The molecule has 0 heterocycles. The van der Waals surface area contributed by atoms with Gasteiger partial charge in [0.05, 0.1) is 0 Å². The van der Waals surface area contributed by atoms with Gasteiger partial charge in [0, 0.05) is 0 Å². The fourth-order valence-corrected chi connectivity index (χ4v) is 2.82. The summed E-state index contributed by atoms with van der Waals surface area (Å²) < 4.78 is 20.8. The van der Waals surface area contributed by atoms with Crippen LogP contribution in [0.4, 0.5) is 0 Å². The number of rotatable bonds is 4. The normalized spacial score (nSPS) is 17.5. The molecule has 14 heavy (non-hydrogen) atoms. The molecule has 1 unspecified atom stereocenters. The van der Waals surface area contributed by atoms with Crippen LogP contribution < -0.4 is 0 Å². The van der Waals surface area contributed by atoms with Crippen molar-refractivity contribution in [2.24, 2.45) is 0 Å². The van der Waals surface area contributed by atoms with E-state index >= 15 is 0 Å². The van der Waals surface area contributed by atoms with Crippen molar-refractivity contribution in [2.45, 2.75) is 5.34 Å². The number of aliphatic carboxylic acids is 1. The van der Waals surface area contributed by atoms with Gasteiger partial charge in [-0.2, -0.15) is 0 Å². The first kappa shape index (κ1) is 13.7. The average Bonchev–Trinajstić information content (AvgIpc) is 1.79. The maximum atomic E-state index is 10.5. The molecule has 0 saturated carbocycles. The molecule has 0 aromatic carbocycles. The zero-order valence-corrected chi connectivity index (χ0v) is 8.30. The topological polar surface area (TPSA) is 173 Å². The lowest BCUT2D eigenvalue weighted by atomic mass is 10.4. The van der Waals surface area contributed by atoms with Crippen LogP contribution in [0.5, 0.6) is 0 Å². The van der Waals surface area contributed by atoms with E-state index in [2.05, 4.69) is 0 Å². The third kappa shape index (κ3) is 3.14. The molecule has 0 aliphatic heterocycles. The van der Waals surface area contributed by atoms with Gasteiger partial charge in [0.1, 0.15) is 6.16 Å². The second-order valence-electron chi connectivity index (χ2n) is 2.49. The predicted molar refractivity (Wildman–Crippen MR) is 41.5 cm³/mol. The van der Waals surface area contributed by atoms with Crippen molar-refractivity contribution in [1.29, 1.82) is 0 Å². The Morgan fingerprint density at radius 1 is 1.14 bits per heavy atom. The number of carboxylic acid groups (broad SMARTS) is 1. The van der Waals surface area contributed by atoms with E-state index in [1.54, 1.807) is 0 Å². The first-order valence-corrected chi connectivity index (χ1v) is 6.37. The van der Waals surface area contributed by atoms with E-state index in [9.17, 15) is 13.9 Å². The highest BCUT2D eigenvalue weighted by atomic mass is 31.2.